The highest BCUT2D eigenvalue weighted by molar-refractivity contribution is 9.10. The summed E-state index contributed by atoms with van der Waals surface area (Å²) in [6.07, 6.45) is 0.500. The van der Waals surface area contributed by atoms with Gasteiger partial charge in [0, 0.05) is 4.47 Å². The Hall–Kier alpha value is -0.380. The molecule has 72 valence electrons. The molecule has 1 aromatic carbocycles. The smallest absolute Gasteiger partial charge is 0.112 e. The number of hydrogen-bond donors (Lipinski definition) is 2. The SMILES string of the molecule is CCC(O)(CO)c1cccc(Br)c1. The molecule has 0 saturated carbocycles. The first-order valence-corrected chi connectivity index (χ1v) is 5.01. The number of aliphatic hydroxyl groups excluding tert-OH is 1. The van der Waals surface area contributed by atoms with Crippen molar-refractivity contribution in [2.75, 3.05) is 6.61 Å². The fourth-order valence-electron chi connectivity index (χ4n) is 1.19. The average molecular weight is 245 g/mol. The predicted octanol–water partition coefficient (Wildman–Crippen LogP) is 2.04. The van der Waals surface area contributed by atoms with Gasteiger partial charge in [-0.1, -0.05) is 35.0 Å². The maximum atomic E-state index is 9.95. The Kier molecular flexibility index (Phi) is 3.47. The molecule has 13 heavy (non-hydrogen) atoms. The molecule has 0 aromatic heterocycles. The monoisotopic (exact) mass is 244 g/mol. The van der Waals surface area contributed by atoms with Crippen LogP contribution >= 0.6 is 15.9 Å². The van der Waals surface area contributed by atoms with Gasteiger partial charge in [0.1, 0.15) is 5.60 Å². The van der Waals surface area contributed by atoms with Gasteiger partial charge in [0.15, 0.2) is 0 Å². The van der Waals surface area contributed by atoms with Gasteiger partial charge in [-0.3, -0.25) is 0 Å². The third kappa shape index (κ3) is 2.30. The molecule has 0 spiro atoms. The Morgan fingerprint density at radius 1 is 1.46 bits per heavy atom. The lowest BCUT2D eigenvalue weighted by atomic mass is 9.92. The Morgan fingerprint density at radius 2 is 2.15 bits per heavy atom. The quantitative estimate of drug-likeness (QED) is 0.855. The lowest BCUT2D eigenvalue weighted by Crippen LogP contribution is -2.29. The molecule has 0 saturated heterocycles. The minimum absolute atomic E-state index is 0.250. The van der Waals surface area contributed by atoms with Crippen LogP contribution in [-0.2, 0) is 5.60 Å². The van der Waals surface area contributed by atoms with E-state index in [0.29, 0.717) is 6.42 Å². The first-order valence-electron chi connectivity index (χ1n) is 4.21. The second-order valence-electron chi connectivity index (χ2n) is 3.05. The molecule has 1 rings (SSSR count). The highest BCUT2D eigenvalue weighted by Gasteiger charge is 2.25. The van der Waals surface area contributed by atoms with Gasteiger partial charge >= 0.3 is 0 Å². The third-order valence-electron chi connectivity index (χ3n) is 2.21. The van der Waals surface area contributed by atoms with Gasteiger partial charge in [0.05, 0.1) is 6.61 Å². The lowest BCUT2D eigenvalue weighted by Gasteiger charge is -2.24. The van der Waals surface area contributed by atoms with Crippen LogP contribution in [-0.4, -0.2) is 16.8 Å². The highest BCUT2D eigenvalue weighted by Crippen LogP contribution is 2.26. The minimum atomic E-state index is -1.11. The number of halogens is 1. The van der Waals surface area contributed by atoms with Gasteiger partial charge in [-0.15, -0.1) is 0 Å². The molecule has 0 aliphatic rings. The van der Waals surface area contributed by atoms with Gasteiger partial charge in [-0.05, 0) is 24.1 Å². The Labute approximate surface area is 86.3 Å². The van der Waals surface area contributed by atoms with Crippen LogP contribution in [0.25, 0.3) is 0 Å². The highest BCUT2D eigenvalue weighted by atomic mass is 79.9. The molecule has 1 aromatic rings. The molecular formula is C10H13BrO2. The summed E-state index contributed by atoms with van der Waals surface area (Å²) in [4.78, 5) is 0. The molecule has 0 bridgehead atoms. The maximum Gasteiger partial charge on any atom is 0.112 e. The Balaban J connectivity index is 3.05. The van der Waals surface area contributed by atoms with E-state index in [-0.39, 0.29) is 6.61 Å². The van der Waals surface area contributed by atoms with E-state index in [4.69, 9.17) is 5.11 Å². The fraction of sp³-hybridized carbons (Fsp3) is 0.400. The molecule has 1 unspecified atom stereocenters. The summed E-state index contributed by atoms with van der Waals surface area (Å²) in [6, 6.07) is 7.36. The molecular weight excluding hydrogens is 232 g/mol. The number of benzene rings is 1. The van der Waals surface area contributed by atoms with Crippen LogP contribution < -0.4 is 0 Å². The molecule has 0 fully saturated rings. The summed E-state index contributed by atoms with van der Waals surface area (Å²) >= 11 is 3.32. The van der Waals surface area contributed by atoms with Crippen molar-refractivity contribution in [2.45, 2.75) is 18.9 Å². The molecule has 0 heterocycles. The summed E-state index contributed by atoms with van der Waals surface area (Å²) in [5.74, 6) is 0. The normalized spacial score (nSPS) is 15.4. The fourth-order valence-corrected chi connectivity index (χ4v) is 1.58. The molecule has 0 aliphatic heterocycles. The van der Waals surface area contributed by atoms with E-state index in [2.05, 4.69) is 15.9 Å². The van der Waals surface area contributed by atoms with Gasteiger partial charge in [-0.2, -0.15) is 0 Å². The molecule has 2 N–H and O–H groups in total. The van der Waals surface area contributed by atoms with E-state index in [9.17, 15) is 5.11 Å². The second-order valence-corrected chi connectivity index (χ2v) is 3.97. The van der Waals surface area contributed by atoms with Crippen LogP contribution in [0.1, 0.15) is 18.9 Å². The zero-order valence-electron chi connectivity index (χ0n) is 7.50. The van der Waals surface area contributed by atoms with Crippen molar-refractivity contribution in [3.63, 3.8) is 0 Å². The summed E-state index contributed by atoms with van der Waals surface area (Å²) in [7, 11) is 0. The van der Waals surface area contributed by atoms with Crippen molar-refractivity contribution in [3.8, 4) is 0 Å². The number of aliphatic hydroxyl groups is 2. The molecule has 0 radical (unpaired) electrons. The van der Waals surface area contributed by atoms with Crippen molar-refractivity contribution >= 4 is 15.9 Å². The van der Waals surface area contributed by atoms with Crippen molar-refractivity contribution in [1.82, 2.24) is 0 Å². The zero-order chi connectivity index (χ0) is 9.90. The maximum absolute atomic E-state index is 9.95. The lowest BCUT2D eigenvalue weighted by molar-refractivity contribution is -0.0222. The Morgan fingerprint density at radius 3 is 2.62 bits per heavy atom. The van der Waals surface area contributed by atoms with E-state index < -0.39 is 5.60 Å². The van der Waals surface area contributed by atoms with E-state index in [1.54, 1.807) is 0 Å². The van der Waals surface area contributed by atoms with E-state index in [0.717, 1.165) is 10.0 Å². The van der Waals surface area contributed by atoms with E-state index in [1.807, 2.05) is 31.2 Å². The Bertz CT molecular complexity index is 282. The van der Waals surface area contributed by atoms with E-state index in [1.165, 1.54) is 0 Å². The summed E-state index contributed by atoms with van der Waals surface area (Å²) < 4.78 is 0.908. The van der Waals surface area contributed by atoms with Gasteiger partial charge in [-0.25, -0.2) is 0 Å². The predicted molar refractivity (Wildman–Crippen MR) is 55.4 cm³/mol. The van der Waals surface area contributed by atoms with Gasteiger partial charge in [0.25, 0.3) is 0 Å². The van der Waals surface area contributed by atoms with Crippen molar-refractivity contribution < 1.29 is 10.2 Å². The zero-order valence-corrected chi connectivity index (χ0v) is 9.08. The third-order valence-corrected chi connectivity index (χ3v) is 2.70. The van der Waals surface area contributed by atoms with Gasteiger partial charge in [0.2, 0.25) is 0 Å². The first kappa shape index (κ1) is 10.7. The molecule has 3 heteroatoms. The van der Waals surface area contributed by atoms with Crippen LogP contribution in [0.5, 0.6) is 0 Å². The number of hydrogen-bond acceptors (Lipinski definition) is 2. The topological polar surface area (TPSA) is 40.5 Å². The van der Waals surface area contributed by atoms with Crippen molar-refractivity contribution in [1.29, 1.82) is 0 Å². The molecule has 0 amide bonds. The van der Waals surface area contributed by atoms with Gasteiger partial charge < -0.3 is 10.2 Å². The standard InChI is InChI=1S/C10H13BrO2/c1-2-10(13,7-12)8-4-3-5-9(11)6-8/h3-6,12-13H,2,7H2,1H3. The van der Waals surface area contributed by atoms with Crippen LogP contribution in [0.15, 0.2) is 28.7 Å². The van der Waals surface area contributed by atoms with Crippen molar-refractivity contribution in [2.24, 2.45) is 0 Å². The van der Waals surface area contributed by atoms with E-state index >= 15 is 0 Å². The van der Waals surface area contributed by atoms with Crippen LogP contribution in [0, 0.1) is 0 Å². The largest absolute Gasteiger partial charge is 0.393 e. The van der Waals surface area contributed by atoms with Crippen molar-refractivity contribution in [3.05, 3.63) is 34.3 Å². The van der Waals surface area contributed by atoms with Crippen LogP contribution in [0.3, 0.4) is 0 Å². The minimum Gasteiger partial charge on any atom is -0.393 e. The van der Waals surface area contributed by atoms with Crippen LogP contribution in [0.2, 0.25) is 0 Å². The summed E-state index contributed by atoms with van der Waals surface area (Å²) in [5, 5.41) is 19.0. The number of rotatable bonds is 3. The molecule has 1 atom stereocenters. The molecule has 0 aliphatic carbocycles. The molecule has 2 nitrogen and oxygen atoms in total. The van der Waals surface area contributed by atoms with Crippen LogP contribution in [0.4, 0.5) is 0 Å². The second kappa shape index (κ2) is 4.22. The summed E-state index contributed by atoms with van der Waals surface area (Å²) in [6.45, 7) is 1.59. The average Bonchev–Trinajstić information content (AvgIpc) is 2.17. The first-order chi connectivity index (χ1) is 6.12. The summed E-state index contributed by atoms with van der Waals surface area (Å²) in [5.41, 5.74) is -0.365.